The summed E-state index contributed by atoms with van der Waals surface area (Å²) in [6.07, 6.45) is 2.27. The summed E-state index contributed by atoms with van der Waals surface area (Å²) in [5.41, 5.74) is 0.843. The number of carboxylic acids is 1. The molecule has 1 amide bonds. The molecule has 0 aliphatic carbocycles. The van der Waals surface area contributed by atoms with E-state index in [2.05, 4.69) is 21.2 Å². The highest BCUT2D eigenvalue weighted by molar-refractivity contribution is 9.10. The minimum Gasteiger partial charge on any atom is -0.478 e. The Hall–Kier alpha value is -2.99. The Morgan fingerprint density at radius 3 is 2.62 bits per heavy atom. The van der Waals surface area contributed by atoms with Gasteiger partial charge in [-0.1, -0.05) is 46.3 Å². The second-order valence-electron chi connectivity index (χ2n) is 5.54. The van der Waals surface area contributed by atoms with Crippen LogP contribution in [0.2, 0.25) is 0 Å². The Bertz CT molecular complexity index is 1050. The smallest absolute Gasteiger partial charge is 0.328 e. The lowest BCUT2D eigenvalue weighted by Gasteiger charge is -2.10. The van der Waals surface area contributed by atoms with Crippen LogP contribution in [0.25, 0.3) is 16.8 Å². The van der Waals surface area contributed by atoms with Crippen molar-refractivity contribution >= 4 is 50.3 Å². The summed E-state index contributed by atoms with van der Waals surface area (Å²) >= 11 is 3.38. The van der Waals surface area contributed by atoms with Crippen LogP contribution in [0.3, 0.4) is 0 Å². The van der Waals surface area contributed by atoms with Crippen LogP contribution in [0.5, 0.6) is 0 Å². The number of fused-ring (bicyclic) bond motifs is 1. The van der Waals surface area contributed by atoms with Crippen molar-refractivity contribution < 1.29 is 19.1 Å². The van der Waals surface area contributed by atoms with E-state index < -0.39 is 17.7 Å². The van der Waals surface area contributed by atoms with Gasteiger partial charge in [0, 0.05) is 16.1 Å². The number of carbonyl (C=O) groups excluding carboxylic acids is 1. The maximum absolute atomic E-state index is 14.1. The van der Waals surface area contributed by atoms with Gasteiger partial charge in [0.15, 0.2) is 0 Å². The van der Waals surface area contributed by atoms with Crippen LogP contribution < -0.4 is 5.32 Å². The molecule has 2 N–H and O–H groups in total. The normalized spacial score (nSPS) is 11.0. The Balaban J connectivity index is 1.96. The van der Waals surface area contributed by atoms with Crippen molar-refractivity contribution in [2.75, 3.05) is 5.32 Å². The van der Waals surface area contributed by atoms with Crippen LogP contribution in [0, 0.1) is 5.82 Å². The molecule has 0 aromatic heterocycles. The lowest BCUT2D eigenvalue weighted by Crippen LogP contribution is -2.13. The first-order valence-electron chi connectivity index (χ1n) is 7.64. The van der Waals surface area contributed by atoms with E-state index in [1.165, 1.54) is 24.3 Å². The predicted molar refractivity (Wildman–Crippen MR) is 103 cm³/mol. The molecule has 0 fully saturated rings. The van der Waals surface area contributed by atoms with Gasteiger partial charge in [-0.3, -0.25) is 4.79 Å². The van der Waals surface area contributed by atoms with Gasteiger partial charge in [0.25, 0.3) is 5.91 Å². The highest BCUT2D eigenvalue weighted by Gasteiger charge is 2.14. The molecular weight excluding hydrogens is 401 g/mol. The maximum atomic E-state index is 14.1. The Morgan fingerprint density at radius 2 is 1.85 bits per heavy atom. The molecule has 26 heavy (non-hydrogen) atoms. The third kappa shape index (κ3) is 3.97. The van der Waals surface area contributed by atoms with E-state index in [4.69, 9.17) is 5.11 Å². The third-order valence-corrected chi connectivity index (χ3v) is 4.19. The summed E-state index contributed by atoms with van der Waals surface area (Å²) in [6.45, 7) is 0. The first kappa shape index (κ1) is 17.8. The SMILES string of the molecule is O=C(O)/C=C/c1ccc(F)c(NC(=O)c2cc(Br)cc3ccccc23)c1. The van der Waals surface area contributed by atoms with Gasteiger partial charge in [-0.2, -0.15) is 0 Å². The molecule has 0 saturated heterocycles. The van der Waals surface area contributed by atoms with Gasteiger partial charge in [0.1, 0.15) is 5.82 Å². The monoisotopic (exact) mass is 413 g/mol. The molecule has 0 bridgehead atoms. The van der Waals surface area contributed by atoms with Gasteiger partial charge in [-0.05, 0) is 46.7 Å². The summed E-state index contributed by atoms with van der Waals surface area (Å²) in [5, 5.41) is 12.9. The zero-order valence-corrected chi connectivity index (χ0v) is 15.0. The molecule has 0 aliphatic rings. The van der Waals surface area contributed by atoms with Crippen molar-refractivity contribution in [3.63, 3.8) is 0 Å². The molecule has 0 radical (unpaired) electrons. The van der Waals surface area contributed by atoms with Crippen molar-refractivity contribution in [2.45, 2.75) is 0 Å². The van der Waals surface area contributed by atoms with Gasteiger partial charge < -0.3 is 10.4 Å². The number of carboxylic acid groups (broad SMARTS) is 1. The van der Waals surface area contributed by atoms with Gasteiger partial charge in [-0.15, -0.1) is 0 Å². The maximum Gasteiger partial charge on any atom is 0.328 e. The highest BCUT2D eigenvalue weighted by Crippen LogP contribution is 2.26. The van der Waals surface area contributed by atoms with Gasteiger partial charge in [0.2, 0.25) is 0 Å². The molecule has 0 saturated carbocycles. The van der Waals surface area contributed by atoms with E-state index in [0.717, 1.165) is 21.3 Å². The Kier molecular flexibility index (Phi) is 5.14. The van der Waals surface area contributed by atoms with E-state index in [1.54, 1.807) is 6.07 Å². The van der Waals surface area contributed by atoms with Crippen molar-refractivity contribution in [1.82, 2.24) is 0 Å². The summed E-state index contributed by atoms with van der Waals surface area (Å²) in [6, 6.07) is 14.9. The lowest BCUT2D eigenvalue weighted by atomic mass is 10.0. The molecule has 130 valence electrons. The first-order valence-corrected chi connectivity index (χ1v) is 8.43. The van der Waals surface area contributed by atoms with E-state index in [9.17, 15) is 14.0 Å². The van der Waals surface area contributed by atoms with Crippen LogP contribution in [-0.4, -0.2) is 17.0 Å². The van der Waals surface area contributed by atoms with Gasteiger partial charge >= 0.3 is 5.97 Å². The number of aliphatic carboxylic acids is 1. The average molecular weight is 414 g/mol. The predicted octanol–water partition coefficient (Wildman–Crippen LogP) is 5.09. The number of halogens is 2. The minimum atomic E-state index is -1.11. The Morgan fingerprint density at radius 1 is 1.08 bits per heavy atom. The van der Waals surface area contributed by atoms with Crippen molar-refractivity contribution in [2.24, 2.45) is 0 Å². The number of hydrogen-bond acceptors (Lipinski definition) is 2. The second kappa shape index (κ2) is 7.49. The second-order valence-corrected chi connectivity index (χ2v) is 6.46. The van der Waals surface area contributed by atoms with Crippen molar-refractivity contribution in [1.29, 1.82) is 0 Å². The third-order valence-electron chi connectivity index (χ3n) is 3.73. The van der Waals surface area contributed by atoms with Crippen LogP contribution >= 0.6 is 15.9 Å². The minimum absolute atomic E-state index is 0.0217. The fourth-order valence-electron chi connectivity index (χ4n) is 2.56. The van der Waals surface area contributed by atoms with Crippen LogP contribution in [0.4, 0.5) is 10.1 Å². The fourth-order valence-corrected chi connectivity index (χ4v) is 3.04. The Labute approximate surface area is 157 Å². The fraction of sp³-hybridized carbons (Fsp3) is 0. The van der Waals surface area contributed by atoms with Crippen molar-refractivity contribution in [3.05, 3.63) is 82.1 Å². The van der Waals surface area contributed by atoms with Crippen LogP contribution in [0.1, 0.15) is 15.9 Å². The topological polar surface area (TPSA) is 66.4 Å². The molecule has 0 unspecified atom stereocenters. The largest absolute Gasteiger partial charge is 0.478 e. The molecular formula is C20H13BrFNO3. The van der Waals surface area contributed by atoms with Gasteiger partial charge in [0.05, 0.1) is 5.69 Å². The van der Waals surface area contributed by atoms with Crippen molar-refractivity contribution in [3.8, 4) is 0 Å². The molecule has 0 heterocycles. The van der Waals surface area contributed by atoms with E-state index >= 15 is 0 Å². The molecule has 6 heteroatoms. The summed E-state index contributed by atoms with van der Waals surface area (Å²) in [7, 11) is 0. The first-order chi connectivity index (χ1) is 12.4. The number of hydrogen-bond donors (Lipinski definition) is 2. The summed E-state index contributed by atoms with van der Waals surface area (Å²) < 4.78 is 14.8. The average Bonchev–Trinajstić information content (AvgIpc) is 2.61. The standard InChI is InChI=1S/C20H13BrFNO3/c21-14-10-13-3-1-2-4-15(13)16(11-14)20(26)23-18-9-12(5-7-17(18)22)6-8-19(24)25/h1-11H,(H,23,26)(H,24,25)/b8-6+. The molecule has 4 nitrogen and oxygen atoms in total. The summed E-state index contributed by atoms with van der Waals surface area (Å²) in [5.74, 6) is -2.17. The zero-order chi connectivity index (χ0) is 18.7. The zero-order valence-electron chi connectivity index (χ0n) is 13.4. The quantitative estimate of drug-likeness (QED) is 0.585. The molecule has 3 aromatic carbocycles. The van der Waals surface area contributed by atoms with E-state index in [0.29, 0.717) is 11.1 Å². The molecule has 3 aromatic rings. The number of benzene rings is 3. The molecule has 3 rings (SSSR count). The van der Waals surface area contributed by atoms with E-state index in [-0.39, 0.29) is 5.69 Å². The molecule has 0 atom stereocenters. The molecule has 0 aliphatic heterocycles. The van der Waals surface area contributed by atoms with Gasteiger partial charge in [-0.25, -0.2) is 9.18 Å². The summed E-state index contributed by atoms with van der Waals surface area (Å²) in [4.78, 5) is 23.3. The number of anilines is 1. The number of rotatable bonds is 4. The number of amides is 1. The number of carbonyl (C=O) groups is 2. The highest BCUT2D eigenvalue weighted by atomic mass is 79.9. The van der Waals surface area contributed by atoms with Crippen LogP contribution in [0.15, 0.2) is 65.1 Å². The molecule has 0 spiro atoms. The van der Waals surface area contributed by atoms with E-state index in [1.807, 2.05) is 30.3 Å². The lowest BCUT2D eigenvalue weighted by molar-refractivity contribution is -0.131. The van der Waals surface area contributed by atoms with Crippen LogP contribution in [-0.2, 0) is 4.79 Å². The number of nitrogens with one attached hydrogen (secondary N) is 1.